The number of morpholine rings is 1. The van der Waals surface area contributed by atoms with E-state index in [2.05, 4.69) is 26.2 Å². The lowest BCUT2D eigenvalue weighted by Crippen LogP contribution is -2.67. The number of hydrogen-bond donors (Lipinski definition) is 1. The Morgan fingerprint density at radius 1 is 1.28 bits per heavy atom. The molecule has 0 saturated carbocycles. The van der Waals surface area contributed by atoms with E-state index in [-0.39, 0.29) is 24.0 Å². The first-order valence-corrected chi connectivity index (χ1v) is 12.5. The predicted octanol–water partition coefficient (Wildman–Crippen LogP) is 2.52. The fraction of sp³-hybridized carbons (Fsp3) is 0.739. The maximum Gasteiger partial charge on any atom is 0.320 e. The van der Waals surface area contributed by atoms with Crippen LogP contribution in [0.25, 0.3) is 0 Å². The normalized spacial score (nSPS) is 30.7. The highest BCUT2D eigenvalue weighted by Gasteiger charge is 2.72. The van der Waals surface area contributed by atoms with Gasteiger partial charge in [0, 0.05) is 56.0 Å². The molecule has 0 radical (unpaired) electrons. The van der Waals surface area contributed by atoms with Crippen LogP contribution in [0.3, 0.4) is 0 Å². The molecule has 4 aliphatic rings. The average Bonchev–Trinajstić information content (AvgIpc) is 3.32. The quantitative estimate of drug-likeness (QED) is 0.556. The average molecular weight is 460 g/mol. The molecule has 4 saturated heterocycles. The van der Waals surface area contributed by atoms with Crippen LogP contribution in [0.2, 0.25) is 0 Å². The highest BCUT2D eigenvalue weighted by molar-refractivity contribution is 7.09. The molecule has 9 heteroatoms. The zero-order valence-electron chi connectivity index (χ0n) is 19.2. The highest BCUT2D eigenvalue weighted by atomic mass is 32.1. The summed E-state index contributed by atoms with van der Waals surface area (Å²) in [6, 6.07) is 0.0607. The third-order valence-corrected chi connectivity index (χ3v) is 8.62. The van der Waals surface area contributed by atoms with Gasteiger partial charge in [0.15, 0.2) is 0 Å². The van der Waals surface area contributed by atoms with E-state index in [1.807, 2.05) is 9.80 Å². The van der Waals surface area contributed by atoms with Gasteiger partial charge in [-0.25, -0.2) is 9.78 Å². The number of thiazole rings is 1. The van der Waals surface area contributed by atoms with Gasteiger partial charge in [0.1, 0.15) is 17.7 Å². The molecular formula is C23H33N5O3S. The Morgan fingerprint density at radius 2 is 2.03 bits per heavy atom. The van der Waals surface area contributed by atoms with E-state index < -0.39 is 11.1 Å². The third-order valence-electron chi connectivity index (χ3n) is 7.75. The van der Waals surface area contributed by atoms with Crippen LogP contribution < -0.4 is 0 Å². The van der Waals surface area contributed by atoms with E-state index in [0.29, 0.717) is 32.0 Å². The van der Waals surface area contributed by atoms with Gasteiger partial charge >= 0.3 is 6.03 Å². The number of carbonyl (C=O) groups is 2. The van der Waals surface area contributed by atoms with E-state index in [1.54, 1.807) is 16.2 Å². The molecule has 5 heterocycles. The number of urea groups is 1. The predicted molar refractivity (Wildman–Crippen MR) is 122 cm³/mol. The lowest BCUT2D eigenvalue weighted by molar-refractivity contribution is -0.154. The number of nitrogens with one attached hydrogen (secondary N) is 1. The molecule has 5 rings (SSSR count). The summed E-state index contributed by atoms with van der Waals surface area (Å²) >= 11 is 1.75. The monoisotopic (exact) mass is 459 g/mol. The first-order valence-electron chi connectivity index (χ1n) is 11.6. The topological polar surface area (TPSA) is 89.6 Å². The number of amides is 3. The number of hydrogen-bond acceptors (Lipinski definition) is 6. The molecule has 1 aromatic rings. The molecule has 32 heavy (non-hydrogen) atoms. The van der Waals surface area contributed by atoms with Gasteiger partial charge in [-0.1, -0.05) is 20.8 Å². The van der Waals surface area contributed by atoms with Crippen LogP contribution >= 0.6 is 11.3 Å². The van der Waals surface area contributed by atoms with Crippen molar-refractivity contribution in [3.63, 3.8) is 0 Å². The molecule has 4 aliphatic heterocycles. The Morgan fingerprint density at radius 3 is 2.69 bits per heavy atom. The zero-order chi connectivity index (χ0) is 22.7. The van der Waals surface area contributed by atoms with Crippen molar-refractivity contribution in [2.75, 3.05) is 39.3 Å². The fourth-order valence-electron chi connectivity index (χ4n) is 5.52. The number of ether oxygens (including phenoxy) is 1. The summed E-state index contributed by atoms with van der Waals surface area (Å²) in [6.07, 6.45) is 4.91. The Balaban J connectivity index is 1.17. The van der Waals surface area contributed by atoms with Crippen LogP contribution in [0.1, 0.15) is 50.7 Å². The standard InChI is InChI=1S/C23H33N5O3S/c1-21(2,3)17-12-32-18(25-17)10-16-4-7-26(8-5-16)20(30)27-9-6-23(13-24)22(14-27)15-28(22)19(29)11-31-23/h12-13,16,24H,4-11,14-15H2,1-3H3. The van der Waals surface area contributed by atoms with Crippen molar-refractivity contribution in [3.05, 3.63) is 16.1 Å². The molecule has 8 nitrogen and oxygen atoms in total. The Hall–Kier alpha value is -2.00. The molecule has 1 spiro atoms. The molecular weight excluding hydrogens is 426 g/mol. The SMILES string of the molecule is CC(C)(C)c1csc(CC2CCN(C(=O)N3CCC4(C=N)OCC(=O)N5CC54C3)CC2)n1. The second-order valence-corrected chi connectivity index (χ2v) is 11.7. The Labute approximate surface area is 193 Å². The lowest BCUT2D eigenvalue weighted by Gasteiger charge is -2.48. The van der Waals surface area contributed by atoms with Crippen molar-refractivity contribution < 1.29 is 14.3 Å². The summed E-state index contributed by atoms with van der Waals surface area (Å²) < 4.78 is 5.85. The summed E-state index contributed by atoms with van der Waals surface area (Å²) in [7, 11) is 0. The molecule has 0 bridgehead atoms. The molecule has 2 unspecified atom stereocenters. The molecule has 1 N–H and O–H groups in total. The van der Waals surface area contributed by atoms with E-state index in [4.69, 9.17) is 15.1 Å². The van der Waals surface area contributed by atoms with Gasteiger partial charge in [0.2, 0.25) is 5.91 Å². The maximum absolute atomic E-state index is 13.3. The van der Waals surface area contributed by atoms with Gasteiger partial charge < -0.3 is 24.8 Å². The summed E-state index contributed by atoms with van der Waals surface area (Å²) in [5, 5.41) is 11.3. The number of aromatic nitrogens is 1. The van der Waals surface area contributed by atoms with Gasteiger partial charge in [-0.15, -0.1) is 11.3 Å². The minimum absolute atomic E-state index is 0.0330. The van der Waals surface area contributed by atoms with Gasteiger partial charge in [0.25, 0.3) is 0 Å². The second kappa shape index (κ2) is 7.52. The number of piperidine rings is 2. The lowest BCUT2D eigenvalue weighted by atomic mass is 9.80. The smallest absolute Gasteiger partial charge is 0.320 e. The van der Waals surface area contributed by atoms with Crippen molar-refractivity contribution in [1.29, 1.82) is 5.41 Å². The summed E-state index contributed by atoms with van der Waals surface area (Å²) in [6.45, 7) is 9.74. The molecule has 0 aliphatic carbocycles. The van der Waals surface area contributed by atoms with Crippen LogP contribution in [-0.4, -0.2) is 88.3 Å². The summed E-state index contributed by atoms with van der Waals surface area (Å²) in [4.78, 5) is 35.9. The summed E-state index contributed by atoms with van der Waals surface area (Å²) in [5.41, 5.74) is -0.0235. The first kappa shape index (κ1) is 21.8. The third kappa shape index (κ3) is 3.44. The minimum Gasteiger partial charge on any atom is -0.357 e. The number of carbonyl (C=O) groups excluding carboxylic acids is 2. The van der Waals surface area contributed by atoms with Crippen molar-refractivity contribution in [3.8, 4) is 0 Å². The maximum atomic E-state index is 13.3. The van der Waals surface area contributed by atoms with E-state index in [0.717, 1.165) is 38.0 Å². The van der Waals surface area contributed by atoms with Gasteiger partial charge in [0.05, 0.1) is 17.2 Å². The van der Waals surface area contributed by atoms with Crippen molar-refractivity contribution >= 4 is 29.5 Å². The molecule has 1 aromatic heterocycles. The van der Waals surface area contributed by atoms with Gasteiger partial charge in [-0.05, 0) is 18.8 Å². The van der Waals surface area contributed by atoms with Gasteiger partial charge in [-0.3, -0.25) is 4.79 Å². The zero-order valence-corrected chi connectivity index (χ0v) is 20.0. The van der Waals surface area contributed by atoms with Crippen molar-refractivity contribution in [2.24, 2.45) is 5.92 Å². The Bertz CT molecular complexity index is 934. The highest BCUT2D eigenvalue weighted by Crippen LogP contribution is 2.51. The van der Waals surface area contributed by atoms with Crippen molar-refractivity contribution in [1.82, 2.24) is 19.7 Å². The van der Waals surface area contributed by atoms with Crippen molar-refractivity contribution in [2.45, 2.75) is 63.0 Å². The molecule has 174 valence electrons. The molecule has 3 amide bonds. The number of nitrogens with zero attached hydrogens (tertiary/aromatic N) is 4. The fourth-order valence-corrected chi connectivity index (χ4v) is 6.66. The number of rotatable bonds is 3. The summed E-state index contributed by atoms with van der Waals surface area (Å²) in [5.74, 6) is 0.529. The van der Waals surface area contributed by atoms with E-state index in [9.17, 15) is 9.59 Å². The van der Waals surface area contributed by atoms with E-state index >= 15 is 0 Å². The molecule has 2 atom stereocenters. The molecule has 0 aromatic carbocycles. The van der Waals surface area contributed by atoms with Crippen LogP contribution in [0, 0.1) is 11.3 Å². The van der Waals surface area contributed by atoms with Crippen LogP contribution in [0.4, 0.5) is 4.79 Å². The largest absolute Gasteiger partial charge is 0.357 e. The van der Waals surface area contributed by atoms with Crippen LogP contribution in [0.5, 0.6) is 0 Å². The van der Waals surface area contributed by atoms with Crippen LogP contribution in [-0.2, 0) is 21.4 Å². The first-order chi connectivity index (χ1) is 15.2. The van der Waals surface area contributed by atoms with Gasteiger partial charge in [-0.2, -0.15) is 0 Å². The minimum atomic E-state index is -0.732. The van der Waals surface area contributed by atoms with E-state index in [1.165, 1.54) is 11.2 Å². The van der Waals surface area contributed by atoms with Crippen LogP contribution in [0.15, 0.2) is 5.38 Å². The number of likely N-dealkylation sites (tertiary alicyclic amines) is 2. The Kier molecular flexibility index (Phi) is 5.13. The molecule has 4 fully saturated rings. The second-order valence-electron chi connectivity index (χ2n) is 10.8.